The number of hydrogen-bond donors (Lipinski definition) is 1. The first-order chi connectivity index (χ1) is 9.88. The van der Waals surface area contributed by atoms with Gasteiger partial charge in [0.25, 0.3) is 0 Å². The molecule has 0 aromatic carbocycles. The molecule has 0 bridgehead atoms. The molecule has 1 amide bonds. The molecule has 0 aromatic rings. The first-order valence-electron chi connectivity index (χ1n) is 8.22. The summed E-state index contributed by atoms with van der Waals surface area (Å²) in [5, 5.41) is 3.16. The van der Waals surface area contributed by atoms with Crippen molar-refractivity contribution in [2.45, 2.75) is 58.7 Å². The number of nitrogens with zero attached hydrogens (tertiary/aromatic N) is 2. The number of nitrogens with one attached hydrogen (secondary N) is 1. The van der Waals surface area contributed by atoms with Crippen molar-refractivity contribution in [2.75, 3.05) is 39.8 Å². The van der Waals surface area contributed by atoms with E-state index in [0.29, 0.717) is 24.7 Å². The molecule has 0 unspecified atom stereocenters. The van der Waals surface area contributed by atoms with Crippen LogP contribution in [-0.2, 0) is 9.53 Å². The van der Waals surface area contributed by atoms with Gasteiger partial charge in [0.1, 0.15) is 0 Å². The van der Waals surface area contributed by atoms with E-state index < -0.39 is 0 Å². The normalized spacial score (nSPS) is 17.9. The molecule has 1 rings (SSSR count). The Morgan fingerprint density at radius 1 is 1.29 bits per heavy atom. The molecule has 0 aromatic heterocycles. The van der Waals surface area contributed by atoms with Crippen molar-refractivity contribution in [2.24, 2.45) is 0 Å². The fourth-order valence-electron chi connectivity index (χ4n) is 2.40. The van der Waals surface area contributed by atoms with Crippen LogP contribution in [0.4, 0.5) is 0 Å². The van der Waals surface area contributed by atoms with Crippen molar-refractivity contribution < 1.29 is 9.53 Å². The highest BCUT2D eigenvalue weighted by Gasteiger charge is 2.21. The number of piperidine rings is 1. The quantitative estimate of drug-likeness (QED) is 0.734. The molecule has 1 saturated heterocycles. The molecule has 1 heterocycles. The Morgan fingerprint density at radius 3 is 2.43 bits per heavy atom. The lowest BCUT2D eigenvalue weighted by Gasteiger charge is -2.32. The number of carbonyl (C=O) groups is 1. The average molecular weight is 299 g/mol. The van der Waals surface area contributed by atoms with Gasteiger partial charge in [-0.15, -0.1) is 0 Å². The van der Waals surface area contributed by atoms with Gasteiger partial charge in [0, 0.05) is 31.7 Å². The molecule has 0 aliphatic carbocycles. The van der Waals surface area contributed by atoms with Crippen LogP contribution in [0.25, 0.3) is 0 Å². The van der Waals surface area contributed by atoms with Crippen molar-refractivity contribution in [1.29, 1.82) is 0 Å². The van der Waals surface area contributed by atoms with Crippen LogP contribution in [0.1, 0.15) is 40.5 Å². The summed E-state index contributed by atoms with van der Waals surface area (Å²) in [5.41, 5.74) is 0. The molecule has 0 atom stereocenters. The van der Waals surface area contributed by atoms with Crippen LogP contribution in [0.15, 0.2) is 0 Å². The number of likely N-dealkylation sites (tertiary alicyclic amines) is 1. The Morgan fingerprint density at radius 2 is 1.90 bits per heavy atom. The molecule has 1 N–H and O–H groups in total. The second-order valence-corrected chi connectivity index (χ2v) is 6.61. The van der Waals surface area contributed by atoms with Gasteiger partial charge in [-0.1, -0.05) is 0 Å². The summed E-state index contributed by atoms with van der Waals surface area (Å²) in [6.45, 7) is 12.7. The van der Waals surface area contributed by atoms with Gasteiger partial charge in [-0.05, 0) is 47.6 Å². The zero-order chi connectivity index (χ0) is 15.8. The lowest BCUT2D eigenvalue weighted by molar-refractivity contribution is -0.123. The molecule has 1 fully saturated rings. The molecular formula is C16H33N3O2. The number of carbonyl (C=O) groups excluding carboxylic acids is 1. The summed E-state index contributed by atoms with van der Waals surface area (Å²) < 4.78 is 5.59. The van der Waals surface area contributed by atoms with Crippen LogP contribution >= 0.6 is 0 Å². The van der Waals surface area contributed by atoms with Crippen LogP contribution in [0.5, 0.6) is 0 Å². The fourth-order valence-corrected chi connectivity index (χ4v) is 2.40. The number of hydrogen-bond acceptors (Lipinski definition) is 4. The van der Waals surface area contributed by atoms with E-state index in [4.69, 9.17) is 4.74 Å². The average Bonchev–Trinajstić information content (AvgIpc) is 2.40. The van der Waals surface area contributed by atoms with Gasteiger partial charge < -0.3 is 15.0 Å². The Kier molecular flexibility index (Phi) is 8.22. The van der Waals surface area contributed by atoms with Crippen molar-refractivity contribution in [3.8, 4) is 0 Å². The monoisotopic (exact) mass is 299 g/mol. The number of ether oxygens (including phenoxy) is 1. The summed E-state index contributed by atoms with van der Waals surface area (Å²) in [4.78, 5) is 16.5. The highest BCUT2D eigenvalue weighted by Crippen LogP contribution is 2.10. The van der Waals surface area contributed by atoms with E-state index in [1.807, 2.05) is 7.05 Å². The van der Waals surface area contributed by atoms with Crippen molar-refractivity contribution in [3.05, 3.63) is 0 Å². The second kappa shape index (κ2) is 9.38. The Balaban J connectivity index is 2.16. The van der Waals surface area contributed by atoms with E-state index in [9.17, 15) is 4.79 Å². The first kappa shape index (κ1) is 18.4. The summed E-state index contributed by atoms with van der Waals surface area (Å²) in [6.07, 6.45) is 2.39. The molecule has 5 nitrogen and oxygen atoms in total. The Bertz CT molecular complexity index is 300. The predicted octanol–water partition coefficient (Wildman–Crippen LogP) is 1.33. The molecule has 21 heavy (non-hydrogen) atoms. The molecule has 0 saturated carbocycles. The van der Waals surface area contributed by atoms with E-state index in [1.54, 1.807) is 0 Å². The van der Waals surface area contributed by atoms with Gasteiger partial charge in [-0.2, -0.15) is 0 Å². The minimum absolute atomic E-state index is 0.146. The van der Waals surface area contributed by atoms with Crippen LogP contribution in [0.2, 0.25) is 0 Å². The van der Waals surface area contributed by atoms with Crippen LogP contribution in [0, 0.1) is 0 Å². The molecule has 5 heteroatoms. The summed E-state index contributed by atoms with van der Waals surface area (Å²) in [7, 11) is 1.99. The third-order valence-corrected chi connectivity index (χ3v) is 4.09. The van der Waals surface area contributed by atoms with Crippen molar-refractivity contribution >= 4 is 5.91 Å². The minimum Gasteiger partial charge on any atom is -0.377 e. The third kappa shape index (κ3) is 7.79. The molecule has 124 valence electrons. The van der Waals surface area contributed by atoms with Gasteiger partial charge in [0.15, 0.2) is 0 Å². The maximum absolute atomic E-state index is 12.0. The zero-order valence-corrected chi connectivity index (χ0v) is 14.4. The molecular weight excluding hydrogens is 266 g/mol. The number of amides is 1. The van der Waals surface area contributed by atoms with Gasteiger partial charge in [0.2, 0.25) is 5.91 Å². The molecule has 0 spiro atoms. The lowest BCUT2D eigenvalue weighted by Crippen LogP contribution is -2.48. The maximum atomic E-state index is 12.0. The standard InChI is InChI=1S/C16H33N3O2/c1-13(2)18(5)12-16(20)17-15-6-8-19(9-7-15)10-11-21-14(3)4/h13-15H,6-12H2,1-5H3,(H,17,20). The van der Waals surface area contributed by atoms with Gasteiger partial charge >= 0.3 is 0 Å². The second-order valence-electron chi connectivity index (χ2n) is 6.61. The van der Waals surface area contributed by atoms with E-state index in [0.717, 1.165) is 39.1 Å². The van der Waals surface area contributed by atoms with Gasteiger partial charge in [-0.3, -0.25) is 9.69 Å². The number of rotatable bonds is 8. The lowest BCUT2D eigenvalue weighted by atomic mass is 10.1. The molecule has 0 radical (unpaired) electrons. The highest BCUT2D eigenvalue weighted by molar-refractivity contribution is 5.78. The summed E-state index contributed by atoms with van der Waals surface area (Å²) in [6, 6.07) is 0.735. The van der Waals surface area contributed by atoms with Gasteiger partial charge in [-0.25, -0.2) is 0 Å². The smallest absolute Gasteiger partial charge is 0.234 e. The predicted molar refractivity (Wildman–Crippen MR) is 86.5 cm³/mol. The van der Waals surface area contributed by atoms with E-state index in [-0.39, 0.29) is 5.91 Å². The zero-order valence-electron chi connectivity index (χ0n) is 14.4. The van der Waals surface area contributed by atoms with E-state index in [1.165, 1.54) is 0 Å². The van der Waals surface area contributed by atoms with Gasteiger partial charge in [0.05, 0.1) is 19.3 Å². The minimum atomic E-state index is 0.146. The van der Waals surface area contributed by atoms with Crippen LogP contribution in [0.3, 0.4) is 0 Å². The molecule has 1 aliphatic rings. The molecule has 1 aliphatic heterocycles. The Hall–Kier alpha value is -0.650. The summed E-state index contributed by atoms with van der Waals surface area (Å²) >= 11 is 0. The van der Waals surface area contributed by atoms with Crippen molar-refractivity contribution in [3.63, 3.8) is 0 Å². The van der Waals surface area contributed by atoms with E-state index >= 15 is 0 Å². The number of likely N-dealkylation sites (N-methyl/N-ethyl adjacent to an activating group) is 1. The summed E-state index contributed by atoms with van der Waals surface area (Å²) in [5.74, 6) is 0.146. The largest absolute Gasteiger partial charge is 0.377 e. The first-order valence-corrected chi connectivity index (χ1v) is 8.22. The maximum Gasteiger partial charge on any atom is 0.234 e. The van der Waals surface area contributed by atoms with E-state index in [2.05, 4.69) is 42.8 Å². The highest BCUT2D eigenvalue weighted by atomic mass is 16.5. The fraction of sp³-hybridized carbons (Fsp3) is 0.938. The third-order valence-electron chi connectivity index (χ3n) is 4.09. The SMILES string of the molecule is CC(C)OCCN1CCC(NC(=O)CN(C)C(C)C)CC1. The topological polar surface area (TPSA) is 44.8 Å². The van der Waals surface area contributed by atoms with Crippen LogP contribution < -0.4 is 5.32 Å². The van der Waals surface area contributed by atoms with Crippen molar-refractivity contribution in [1.82, 2.24) is 15.1 Å². The van der Waals surface area contributed by atoms with Crippen LogP contribution in [-0.4, -0.2) is 73.7 Å². The Labute approximate surface area is 130 Å².